The number of hydrogen-bond acceptors (Lipinski definition) is 4. The number of ketones is 1. The van der Waals surface area contributed by atoms with Gasteiger partial charge in [-0.15, -0.1) is 0 Å². The minimum absolute atomic E-state index is 0.0881. The number of benzene rings is 2. The third kappa shape index (κ3) is 5.26. The number of carbonyl (C=O) groups is 1. The van der Waals surface area contributed by atoms with Crippen LogP contribution in [-0.2, 0) is 17.8 Å². The Kier molecular flexibility index (Phi) is 6.77. The molecule has 2 aromatic carbocycles. The standard InChI is InChI=1S/C25H26ClN3O/c26-24-17-29-22(14-25(30)20-9-5-11-27-16-20)13-23(24)19-8-4-10-21(12-19)28-15-18-6-2-1-3-7-18/h1-4,6-8,10,12-13,17,20,27-28H,5,9,11,14-16H2/t20-/m1/s1. The lowest BCUT2D eigenvalue weighted by atomic mass is 9.92. The minimum Gasteiger partial charge on any atom is -0.381 e. The van der Waals surface area contributed by atoms with Crippen LogP contribution >= 0.6 is 11.6 Å². The topological polar surface area (TPSA) is 54.0 Å². The van der Waals surface area contributed by atoms with Gasteiger partial charge in [0.1, 0.15) is 5.78 Å². The van der Waals surface area contributed by atoms with Crippen molar-refractivity contribution in [3.05, 3.63) is 83.1 Å². The van der Waals surface area contributed by atoms with Gasteiger partial charge in [-0.1, -0.05) is 54.1 Å². The molecule has 30 heavy (non-hydrogen) atoms. The second kappa shape index (κ2) is 9.88. The number of hydrogen-bond donors (Lipinski definition) is 2. The van der Waals surface area contributed by atoms with Gasteiger partial charge in [0.05, 0.1) is 5.02 Å². The van der Waals surface area contributed by atoms with Crippen LogP contribution in [0.25, 0.3) is 11.1 Å². The highest BCUT2D eigenvalue weighted by molar-refractivity contribution is 6.33. The molecule has 4 nitrogen and oxygen atoms in total. The van der Waals surface area contributed by atoms with Crippen molar-refractivity contribution in [2.75, 3.05) is 18.4 Å². The molecule has 2 heterocycles. The summed E-state index contributed by atoms with van der Waals surface area (Å²) in [6, 6.07) is 20.4. The molecular formula is C25H26ClN3O. The fourth-order valence-electron chi connectivity index (χ4n) is 3.85. The van der Waals surface area contributed by atoms with Crippen LogP contribution in [0.15, 0.2) is 66.9 Å². The molecule has 1 aliphatic heterocycles. The van der Waals surface area contributed by atoms with E-state index in [0.717, 1.165) is 55.0 Å². The molecule has 0 saturated carbocycles. The van der Waals surface area contributed by atoms with Gasteiger partial charge >= 0.3 is 0 Å². The molecule has 154 valence electrons. The third-order valence-corrected chi connectivity index (χ3v) is 5.83. The van der Waals surface area contributed by atoms with E-state index in [1.54, 1.807) is 6.20 Å². The molecule has 1 aromatic heterocycles. The quantitative estimate of drug-likeness (QED) is 0.557. The third-order valence-electron chi connectivity index (χ3n) is 5.53. The summed E-state index contributed by atoms with van der Waals surface area (Å²) >= 11 is 6.46. The Morgan fingerprint density at radius 3 is 2.80 bits per heavy atom. The molecule has 1 atom stereocenters. The van der Waals surface area contributed by atoms with Gasteiger partial charge in [-0.05, 0) is 48.7 Å². The van der Waals surface area contributed by atoms with Crippen LogP contribution in [0.4, 0.5) is 5.69 Å². The number of aromatic nitrogens is 1. The number of nitrogens with one attached hydrogen (secondary N) is 2. The Hall–Kier alpha value is -2.69. The Morgan fingerprint density at radius 2 is 2.00 bits per heavy atom. The van der Waals surface area contributed by atoms with E-state index in [1.165, 1.54) is 5.56 Å². The van der Waals surface area contributed by atoms with Crippen molar-refractivity contribution < 1.29 is 4.79 Å². The van der Waals surface area contributed by atoms with Crippen molar-refractivity contribution in [2.45, 2.75) is 25.8 Å². The molecule has 3 aromatic rings. The number of carbonyl (C=O) groups excluding carboxylic acids is 1. The predicted octanol–water partition coefficient (Wildman–Crippen LogP) is 5.13. The summed E-state index contributed by atoms with van der Waals surface area (Å²) in [7, 11) is 0. The van der Waals surface area contributed by atoms with E-state index in [0.29, 0.717) is 11.4 Å². The average molecular weight is 420 g/mol. The molecule has 1 aliphatic rings. The van der Waals surface area contributed by atoms with Gasteiger partial charge in [-0.3, -0.25) is 9.78 Å². The Balaban J connectivity index is 1.49. The van der Waals surface area contributed by atoms with E-state index in [1.807, 2.05) is 42.5 Å². The van der Waals surface area contributed by atoms with Gasteiger partial charge in [0.2, 0.25) is 0 Å². The van der Waals surface area contributed by atoms with E-state index in [2.05, 4.69) is 33.8 Å². The molecule has 0 aliphatic carbocycles. The number of nitrogens with zero attached hydrogens (tertiary/aromatic N) is 1. The Bertz CT molecular complexity index is 1000. The van der Waals surface area contributed by atoms with Crippen LogP contribution in [0.5, 0.6) is 0 Å². The monoisotopic (exact) mass is 419 g/mol. The van der Waals surface area contributed by atoms with Gasteiger partial charge < -0.3 is 10.6 Å². The lowest BCUT2D eigenvalue weighted by molar-refractivity contribution is -0.122. The normalized spacial score (nSPS) is 16.2. The Labute approximate surface area is 182 Å². The molecule has 0 amide bonds. The van der Waals surface area contributed by atoms with E-state index in [9.17, 15) is 4.79 Å². The fourth-order valence-corrected chi connectivity index (χ4v) is 4.06. The second-order valence-electron chi connectivity index (χ2n) is 7.76. The summed E-state index contributed by atoms with van der Waals surface area (Å²) in [4.78, 5) is 17.1. The lowest BCUT2D eigenvalue weighted by Crippen LogP contribution is -2.35. The van der Waals surface area contributed by atoms with E-state index in [-0.39, 0.29) is 11.7 Å². The maximum absolute atomic E-state index is 12.7. The summed E-state index contributed by atoms with van der Waals surface area (Å²) in [5.41, 5.74) is 4.93. The van der Waals surface area contributed by atoms with Crippen molar-refractivity contribution in [1.82, 2.24) is 10.3 Å². The van der Waals surface area contributed by atoms with Crippen molar-refractivity contribution in [3.8, 4) is 11.1 Å². The number of rotatable bonds is 7. The van der Waals surface area contributed by atoms with E-state index >= 15 is 0 Å². The molecule has 1 saturated heterocycles. The maximum atomic E-state index is 12.7. The van der Waals surface area contributed by atoms with Crippen molar-refractivity contribution in [2.24, 2.45) is 5.92 Å². The number of pyridine rings is 1. The second-order valence-corrected chi connectivity index (χ2v) is 8.17. The van der Waals surface area contributed by atoms with Gasteiger partial charge in [0, 0.05) is 48.6 Å². The van der Waals surface area contributed by atoms with Gasteiger partial charge in [-0.25, -0.2) is 0 Å². The first kappa shape index (κ1) is 20.6. The highest BCUT2D eigenvalue weighted by Gasteiger charge is 2.21. The molecule has 2 N–H and O–H groups in total. The van der Waals surface area contributed by atoms with Crippen molar-refractivity contribution in [3.63, 3.8) is 0 Å². The Morgan fingerprint density at radius 1 is 1.13 bits per heavy atom. The van der Waals surface area contributed by atoms with Gasteiger partial charge in [-0.2, -0.15) is 0 Å². The van der Waals surface area contributed by atoms with E-state index in [4.69, 9.17) is 11.6 Å². The zero-order chi connectivity index (χ0) is 20.8. The lowest BCUT2D eigenvalue weighted by Gasteiger charge is -2.21. The van der Waals surface area contributed by atoms with Gasteiger partial charge in [0.15, 0.2) is 0 Å². The summed E-state index contributed by atoms with van der Waals surface area (Å²) < 4.78 is 0. The summed E-state index contributed by atoms with van der Waals surface area (Å²) in [6.07, 6.45) is 4.02. The number of Topliss-reactive ketones (excluding diaryl/α,β-unsaturated/α-hetero) is 1. The summed E-state index contributed by atoms with van der Waals surface area (Å²) in [5, 5.41) is 7.36. The smallest absolute Gasteiger partial charge is 0.143 e. The maximum Gasteiger partial charge on any atom is 0.143 e. The average Bonchev–Trinajstić information content (AvgIpc) is 2.80. The number of halogens is 1. The first-order valence-corrected chi connectivity index (χ1v) is 10.8. The molecule has 0 spiro atoms. The van der Waals surface area contributed by atoms with Crippen molar-refractivity contribution in [1.29, 1.82) is 0 Å². The van der Waals surface area contributed by atoms with Crippen LogP contribution < -0.4 is 10.6 Å². The molecule has 5 heteroatoms. The zero-order valence-electron chi connectivity index (χ0n) is 16.9. The zero-order valence-corrected chi connectivity index (χ0v) is 17.7. The highest BCUT2D eigenvalue weighted by atomic mass is 35.5. The molecule has 0 unspecified atom stereocenters. The number of piperidine rings is 1. The number of anilines is 1. The summed E-state index contributed by atoms with van der Waals surface area (Å²) in [5.74, 6) is 0.339. The predicted molar refractivity (Wildman–Crippen MR) is 123 cm³/mol. The van der Waals surface area contributed by atoms with Crippen molar-refractivity contribution >= 4 is 23.1 Å². The first-order valence-electron chi connectivity index (χ1n) is 10.4. The van der Waals surface area contributed by atoms with Gasteiger partial charge in [0.25, 0.3) is 0 Å². The van der Waals surface area contributed by atoms with Crippen LogP contribution in [0.2, 0.25) is 5.02 Å². The largest absolute Gasteiger partial charge is 0.381 e. The first-order chi connectivity index (χ1) is 14.7. The highest BCUT2D eigenvalue weighted by Crippen LogP contribution is 2.30. The van der Waals surface area contributed by atoms with Crippen LogP contribution in [0, 0.1) is 5.92 Å². The fraction of sp³-hybridized carbons (Fsp3) is 0.280. The molecular weight excluding hydrogens is 394 g/mol. The SMILES string of the molecule is O=C(Cc1cc(-c2cccc(NCc3ccccc3)c2)c(Cl)cn1)[C@@H]1CCCNC1. The van der Waals surface area contributed by atoms with Crippen LogP contribution in [0.1, 0.15) is 24.1 Å². The summed E-state index contributed by atoms with van der Waals surface area (Å²) in [6.45, 7) is 2.53. The van der Waals surface area contributed by atoms with E-state index < -0.39 is 0 Å². The molecule has 4 rings (SSSR count). The van der Waals surface area contributed by atoms with Crippen LogP contribution in [0.3, 0.4) is 0 Å². The molecule has 0 radical (unpaired) electrons. The molecule has 0 bridgehead atoms. The van der Waals surface area contributed by atoms with Crippen LogP contribution in [-0.4, -0.2) is 23.9 Å². The molecule has 1 fully saturated rings. The minimum atomic E-state index is 0.0881.